The van der Waals surface area contributed by atoms with Crippen molar-refractivity contribution < 1.29 is 49.8 Å². The molecule has 2 saturated heterocycles. The molecule has 24 heavy (non-hydrogen) atoms. The first kappa shape index (κ1) is 19.8. The molecule has 12 heteroatoms. The van der Waals surface area contributed by atoms with Gasteiger partial charge in [0.25, 0.3) is 0 Å². The lowest BCUT2D eigenvalue weighted by Crippen LogP contribution is -2.33. The zero-order valence-electron chi connectivity index (χ0n) is 13.0. The molecule has 0 aromatic heterocycles. The van der Waals surface area contributed by atoms with Crippen LogP contribution in [0.4, 0.5) is 0 Å². The number of hydrogen-bond acceptors (Lipinski definition) is 12. The molecule has 2 fully saturated rings. The fourth-order valence-electron chi connectivity index (χ4n) is 2.75. The summed E-state index contributed by atoms with van der Waals surface area (Å²) in [5.74, 6) is 0. The van der Waals surface area contributed by atoms with E-state index in [1.54, 1.807) is 0 Å². The molecule has 142 valence electrons. The number of nitrogens with zero attached hydrogens (tertiary/aromatic N) is 2. The maximum absolute atomic E-state index is 9.63. The summed E-state index contributed by atoms with van der Waals surface area (Å²) in [5.41, 5.74) is 0. The monoisotopic (exact) mass is 356 g/mol. The Balaban J connectivity index is 1.59. The lowest BCUT2D eigenvalue weighted by molar-refractivity contribution is -0.527. The van der Waals surface area contributed by atoms with Gasteiger partial charge >= 0.3 is 0 Å². The predicted molar refractivity (Wildman–Crippen MR) is 70.7 cm³/mol. The van der Waals surface area contributed by atoms with Crippen LogP contribution < -0.4 is 0 Å². The standard InChI is InChI=1S/C12H24N2O10/c15-9-6-21-12-10(7-22-11(9)12)20-4-2-1-3-8(24-14(18)19)5-23-13(16)17/h8-12,15-19H,1-7H2/t8?,9-,10-,11-,12-/m1/s1. The van der Waals surface area contributed by atoms with Gasteiger partial charge in [-0.1, -0.05) is 0 Å². The number of aliphatic hydroxyl groups is 1. The zero-order valence-corrected chi connectivity index (χ0v) is 13.0. The Morgan fingerprint density at radius 1 is 1.00 bits per heavy atom. The van der Waals surface area contributed by atoms with E-state index < -0.39 is 23.0 Å². The molecule has 0 aromatic rings. The van der Waals surface area contributed by atoms with Gasteiger partial charge in [-0.25, -0.2) is 9.68 Å². The highest BCUT2D eigenvalue weighted by atomic mass is 17.1. The molecule has 0 amide bonds. The van der Waals surface area contributed by atoms with Crippen LogP contribution in [-0.4, -0.2) is 93.7 Å². The summed E-state index contributed by atoms with van der Waals surface area (Å²) in [6.07, 6.45) is -0.596. The second kappa shape index (κ2) is 9.86. The highest BCUT2D eigenvalue weighted by molar-refractivity contribution is 4.94. The summed E-state index contributed by atoms with van der Waals surface area (Å²) in [6.45, 7) is 0.758. The van der Waals surface area contributed by atoms with Crippen molar-refractivity contribution >= 4 is 0 Å². The quantitative estimate of drug-likeness (QED) is 0.230. The summed E-state index contributed by atoms with van der Waals surface area (Å²) >= 11 is 0. The third-order valence-corrected chi connectivity index (χ3v) is 3.85. The molecule has 0 bridgehead atoms. The van der Waals surface area contributed by atoms with Gasteiger partial charge in [0.1, 0.15) is 37.1 Å². The van der Waals surface area contributed by atoms with E-state index in [2.05, 4.69) is 9.68 Å². The summed E-state index contributed by atoms with van der Waals surface area (Å²) in [5, 5.41) is 42.9. The van der Waals surface area contributed by atoms with Crippen LogP contribution in [0.25, 0.3) is 0 Å². The van der Waals surface area contributed by atoms with Crippen molar-refractivity contribution in [1.82, 2.24) is 10.8 Å². The van der Waals surface area contributed by atoms with E-state index in [-0.39, 0.29) is 31.5 Å². The van der Waals surface area contributed by atoms with Gasteiger partial charge in [0.15, 0.2) is 0 Å². The molecule has 5 atom stereocenters. The number of hydrogen-bond donors (Lipinski definition) is 5. The van der Waals surface area contributed by atoms with Gasteiger partial charge < -0.3 is 19.3 Å². The minimum absolute atomic E-state index is 0.217. The van der Waals surface area contributed by atoms with Crippen molar-refractivity contribution in [3.8, 4) is 0 Å². The van der Waals surface area contributed by atoms with Gasteiger partial charge in [-0.15, -0.1) is 0 Å². The fourth-order valence-corrected chi connectivity index (χ4v) is 2.75. The lowest BCUT2D eigenvalue weighted by Gasteiger charge is -2.19. The van der Waals surface area contributed by atoms with Crippen molar-refractivity contribution in [1.29, 1.82) is 0 Å². The Morgan fingerprint density at radius 3 is 2.46 bits per heavy atom. The second-order valence-corrected chi connectivity index (χ2v) is 5.60. The summed E-state index contributed by atoms with van der Waals surface area (Å²) in [4.78, 5) is 8.99. The molecule has 2 heterocycles. The molecule has 1 unspecified atom stereocenters. The van der Waals surface area contributed by atoms with Gasteiger partial charge in [-0.2, -0.15) is 0 Å². The van der Waals surface area contributed by atoms with E-state index in [0.29, 0.717) is 32.5 Å². The van der Waals surface area contributed by atoms with Gasteiger partial charge in [-0.05, 0) is 19.3 Å². The molecule has 12 nitrogen and oxygen atoms in total. The van der Waals surface area contributed by atoms with Crippen molar-refractivity contribution in [2.24, 2.45) is 0 Å². The number of unbranched alkanes of at least 4 members (excludes halogenated alkanes) is 1. The molecule has 0 saturated carbocycles. The first-order valence-corrected chi connectivity index (χ1v) is 7.65. The van der Waals surface area contributed by atoms with Crippen LogP contribution in [0, 0.1) is 0 Å². The number of ether oxygens (including phenoxy) is 3. The van der Waals surface area contributed by atoms with Crippen LogP contribution in [0.5, 0.6) is 0 Å². The van der Waals surface area contributed by atoms with E-state index in [4.69, 9.17) is 35.0 Å². The van der Waals surface area contributed by atoms with Gasteiger partial charge in [0, 0.05) is 6.61 Å². The third kappa shape index (κ3) is 6.11. The molecule has 0 aliphatic carbocycles. The predicted octanol–water partition coefficient (Wildman–Crippen LogP) is -0.907. The summed E-state index contributed by atoms with van der Waals surface area (Å²) < 4.78 is 16.6. The molecular weight excluding hydrogens is 332 g/mol. The minimum atomic E-state index is -0.797. The van der Waals surface area contributed by atoms with E-state index in [9.17, 15) is 5.11 Å². The van der Waals surface area contributed by atoms with E-state index in [0.717, 1.165) is 0 Å². The molecule has 2 rings (SSSR count). The van der Waals surface area contributed by atoms with E-state index in [1.807, 2.05) is 0 Å². The Hall–Kier alpha value is -0.480. The Kier molecular flexibility index (Phi) is 8.15. The average Bonchev–Trinajstić information content (AvgIpc) is 3.07. The Bertz CT molecular complexity index is 361. The van der Waals surface area contributed by atoms with Gasteiger partial charge in [0.2, 0.25) is 0 Å². The number of fused-ring (bicyclic) bond motifs is 1. The second-order valence-electron chi connectivity index (χ2n) is 5.60. The molecule has 5 N–H and O–H groups in total. The topological polar surface area (TPSA) is 154 Å². The average molecular weight is 356 g/mol. The SMILES string of the molecule is O[C@@H]1CO[C@H]2[C@@H]1OC[C@H]2OCCCCC(CON(O)O)ON(O)O. The fraction of sp³-hybridized carbons (Fsp3) is 1.00. The molecule has 2 aliphatic rings. The largest absolute Gasteiger partial charge is 0.388 e. The lowest BCUT2D eigenvalue weighted by atomic mass is 10.1. The smallest absolute Gasteiger partial charge is 0.115 e. The van der Waals surface area contributed by atoms with Crippen molar-refractivity contribution in [3.05, 3.63) is 0 Å². The molecule has 0 spiro atoms. The molecule has 0 aromatic carbocycles. The summed E-state index contributed by atoms with van der Waals surface area (Å²) in [6, 6.07) is 0. The van der Waals surface area contributed by atoms with Crippen LogP contribution in [-0.2, 0) is 23.9 Å². The first-order valence-electron chi connectivity index (χ1n) is 7.65. The maximum atomic E-state index is 9.63. The molecule has 2 aliphatic heterocycles. The van der Waals surface area contributed by atoms with Crippen molar-refractivity contribution in [2.45, 2.75) is 49.8 Å². The Morgan fingerprint density at radius 2 is 1.75 bits per heavy atom. The summed E-state index contributed by atoms with van der Waals surface area (Å²) in [7, 11) is 0. The van der Waals surface area contributed by atoms with Crippen LogP contribution >= 0.6 is 0 Å². The first-order chi connectivity index (χ1) is 11.5. The van der Waals surface area contributed by atoms with Crippen molar-refractivity contribution in [2.75, 3.05) is 26.4 Å². The minimum Gasteiger partial charge on any atom is -0.388 e. The van der Waals surface area contributed by atoms with Crippen LogP contribution in [0.3, 0.4) is 0 Å². The van der Waals surface area contributed by atoms with Crippen LogP contribution in [0.2, 0.25) is 0 Å². The third-order valence-electron chi connectivity index (χ3n) is 3.85. The van der Waals surface area contributed by atoms with Crippen molar-refractivity contribution in [3.63, 3.8) is 0 Å². The maximum Gasteiger partial charge on any atom is 0.115 e. The zero-order chi connectivity index (χ0) is 17.5. The van der Waals surface area contributed by atoms with E-state index >= 15 is 0 Å². The normalized spacial score (nSPS) is 31.1. The van der Waals surface area contributed by atoms with Crippen LogP contribution in [0.1, 0.15) is 19.3 Å². The van der Waals surface area contributed by atoms with Gasteiger partial charge in [-0.3, -0.25) is 20.8 Å². The number of rotatable bonds is 11. The van der Waals surface area contributed by atoms with E-state index in [1.165, 1.54) is 0 Å². The van der Waals surface area contributed by atoms with Crippen LogP contribution in [0.15, 0.2) is 0 Å². The van der Waals surface area contributed by atoms with Gasteiger partial charge in [0.05, 0.1) is 24.0 Å². The number of aliphatic hydroxyl groups excluding tert-OH is 1. The molecule has 0 radical (unpaired) electrons. The Labute approximate surface area is 138 Å². The highest BCUT2D eigenvalue weighted by Gasteiger charge is 2.47. The highest BCUT2D eigenvalue weighted by Crippen LogP contribution is 2.28. The molecular formula is C12H24N2O10.